The van der Waals surface area contributed by atoms with Crippen LogP contribution in [0, 0.1) is 5.41 Å². The molecule has 0 amide bonds. The van der Waals surface area contributed by atoms with Gasteiger partial charge in [0.15, 0.2) is 0 Å². The smallest absolute Gasteiger partial charge is 0.142 e. The Balaban J connectivity index is 0.00000161. The van der Waals surface area contributed by atoms with Crippen LogP contribution < -0.4 is 31.4 Å². The van der Waals surface area contributed by atoms with Crippen molar-refractivity contribution < 1.29 is 26.5 Å². The first kappa shape index (κ1) is 15.4. The van der Waals surface area contributed by atoms with Crippen LogP contribution in [0.2, 0.25) is 0 Å². The number of nitrogens with zero attached hydrogens (tertiary/aromatic N) is 1. The van der Waals surface area contributed by atoms with E-state index in [-0.39, 0.29) is 17.0 Å². The summed E-state index contributed by atoms with van der Waals surface area (Å²) >= 11 is 0. The Morgan fingerprint density at radius 2 is 1.81 bits per heavy atom. The van der Waals surface area contributed by atoms with Crippen LogP contribution in [0.25, 0.3) is 0 Å². The second kappa shape index (κ2) is 6.18. The highest BCUT2D eigenvalue weighted by molar-refractivity contribution is 6.12. The molecular weight excluding hydrogens is 332 g/mol. The lowest BCUT2D eigenvalue weighted by molar-refractivity contribution is -0.00000480. The number of hydrogen-bond acceptors (Lipinski definition) is 3. The van der Waals surface area contributed by atoms with Crippen LogP contribution in [-0.2, 0) is 6.54 Å². The molecule has 0 spiro atoms. The first-order valence-corrected chi connectivity index (χ1v) is 6.41. The molecule has 3 rings (SSSR count). The molecule has 2 aromatic rings. The van der Waals surface area contributed by atoms with Crippen molar-refractivity contribution in [2.24, 2.45) is 0 Å². The minimum Gasteiger partial charge on any atom is -1.00 e. The van der Waals surface area contributed by atoms with Gasteiger partial charge in [-0.2, -0.15) is 0 Å². The van der Waals surface area contributed by atoms with Gasteiger partial charge in [0.1, 0.15) is 17.3 Å². The normalized spacial score (nSPS) is 12.7. The molecule has 0 aromatic heterocycles. The fourth-order valence-corrected chi connectivity index (χ4v) is 2.50. The third kappa shape index (κ3) is 2.61. The van der Waals surface area contributed by atoms with Crippen molar-refractivity contribution in [2.75, 3.05) is 19.1 Å². The SMILES string of the molecule is COc1ccc(OC)c(N2Cc3ccccc3C2=N)c1.[Br-]. The van der Waals surface area contributed by atoms with Crippen LogP contribution in [0.3, 0.4) is 0 Å². The molecule has 4 nitrogen and oxygen atoms in total. The monoisotopic (exact) mass is 347 g/mol. The molecule has 0 aliphatic carbocycles. The van der Waals surface area contributed by atoms with Crippen molar-refractivity contribution in [1.82, 2.24) is 0 Å². The number of anilines is 1. The van der Waals surface area contributed by atoms with Gasteiger partial charge in [-0.15, -0.1) is 0 Å². The van der Waals surface area contributed by atoms with Gasteiger partial charge >= 0.3 is 0 Å². The van der Waals surface area contributed by atoms with Crippen molar-refractivity contribution in [3.63, 3.8) is 0 Å². The number of amidine groups is 1. The molecule has 0 saturated carbocycles. The Labute approximate surface area is 134 Å². The number of methoxy groups -OCH3 is 2. The molecule has 2 aromatic carbocycles. The summed E-state index contributed by atoms with van der Waals surface area (Å²) < 4.78 is 10.7. The third-order valence-corrected chi connectivity index (χ3v) is 3.55. The van der Waals surface area contributed by atoms with E-state index in [1.807, 2.05) is 41.3 Å². The van der Waals surface area contributed by atoms with E-state index in [0.29, 0.717) is 12.4 Å². The number of nitrogens with one attached hydrogen (secondary N) is 1. The molecule has 0 unspecified atom stereocenters. The number of rotatable bonds is 3. The van der Waals surface area contributed by atoms with E-state index in [2.05, 4.69) is 6.07 Å². The largest absolute Gasteiger partial charge is 1.00 e. The van der Waals surface area contributed by atoms with Crippen LogP contribution in [0.15, 0.2) is 42.5 Å². The summed E-state index contributed by atoms with van der Waals surface area (Å²) in [5.41, 5.74) is 2.98. The van der Waals surface area contributed by atoms with Crippen molar-refractivity contribution in [3.8, 4) is 11.5 Å². The van der Waals surface area contributed by atoms with Gasteiger partial charge in [0, 0.05) is 11.6 Å². The minimum absolute atomic E-state index is 0. The summed E-state index contributed by atoms with van der Waals surface area (Å²) in [6.07, 6.45) is 0. The van der Waals surface area contributed by atoms with Crippen LogP contribution in [0.5, 0.6) is 11.5 Å². The fraction of sp³-hybridized carbons (Fsp3) is 0.188. The Bertz CT molecular complexity index is 673. The molecule has 1 N–H and O–H groups in total. The second-order valence-corrected chi connectivity index (χ2v) is 4.63. The van der Waals surface area contributed by atoms with Gasteiger partial charge < -0.3 is 31.4 Å². The van der Waals surface area contributed by atoms with Crippen LogP contribution in [-0.4, -0.2) is 20.1 Å². The predicted molar refractivity (Wildman–Crippen MR) is 79.0 cm³/mol. The number of hydrogen-bond donors (Lipinski definition) is 1. The lowest BCUT2D eigenvalue weighted by atomic mass is 10.1. The summed E-state index contributed by atoms with van der Waals surface area (Å²) in [5, 5.41) is 8.35. The Morgan fingerprint density at radius 1 is 1.05 bits per heavy atom. The zero-order valence-corrected chi connectivity index (χ0v) is 13.5. The van der Waals surface area contributed by atoms with Crippen molar-refractivity contribution in [3.05, 3.63) is 53.6 Å². The first-order valence-electron chi connectivity index (χ1n) is 6.41. The van der Waals surface area contributed by atoms with E-state index in [1.54, 1.807) is 14.2 Å². The average Bonchev–Trinajstić information content (AvgIpc) is 2.84. The molecule has 21 heavy (non-hydrogen) atoms. The van der Waals surface area contributed by atoms with Gasteiger partial charge in [-0.05, 0) is 17.7 Å². The lowest BCUT2D eigenvalue weighted by Crippen LogP contribution is -3.00. The zero-order chi connectivity index (χ0) is 14.1. The summed E-state index contributed by atoms with van der Waals surface area (Å²) in [5.74, 6) is 1.99. The van der Waals surface area contributed by atoms with Gasteiger partial charge in [-0.1, -0.05) is 24.3 Å². The standard InChI is InChI=1S/C16H16N2O2.BrH/c1-19-12-7-8-15(20-2)14(9-12)18-10-11-5-3-4-6-13(11)16(18)17;/h3-9,17H,10H2,1-2H3;1H/p-1. The topological polar surface area (TPSA) is 45.6 Å². The van der Waals surface area contributed by atoms with Crippen molar-refractivity contribution in [2.45, 2.75) is 6.54 Å². The van der Waals surface area contributed by atoms with Crippen LogP contribution in [0.1, 0.15) is 11.1 Å². The molecule has 0 bridgehead atoms. The average molecular weight is 348 g/mol. The molecular formula is C16H16BrN2O2-. The summed E-state index contributed by atoms with van der Waals surface area (Å²) in [6.45, 7) is 0.679. The number of fused-ring (bicyclic) bond motifs is 1. The molecule has 1 aliphatic heterocycles. The van der Waals surface area contributed by atoms with Crippen molar-refractivity contribution in [1.29, 1.82) is 5.41 Å². The summed E-state index contributed by atoms with van der Waals surface area (Å²) in [7, 11) is 3.27. The third-order valence-electron chi connectivity index (χ3n) is 3.55. The number of halogens is 1. The second-order valence-electron chi connectivity index (χ2n) is 4.63. The van der Waals surface area contributed by atoms with Crippen molar-refractivity contribution >= 4 is 11.5 Å². The Kier molecular flexibility index (Phi) is 4.53. The lowest BCUT2D eigenvalue weighted by Gasteiger charge is -2.21. The van der Waals surface area contributed by atoms with E-state index < -0.39 is 0 Å². The minimum atomic E-state index is 0. The molecule has 5 heteroatoms. The van der Waals surface area contributed by atoms with Crippen LogP contribution >= 0.6 is 0 Å². The Hall–Kier alpha value is -2.01. The number of ether oxygens (including phenoxy) is 2. The fourth-order valence-electron chi connectivity index (χ4n) is 2.50. The zero-order valence-electron chi connectivity index (χ0n) is 11.9. The van der Waals surface area contributed by atoms with E-state index in [9.17, 15) is 0 Å². The predicted octanol–water partition coefficient (Wildman–Crippen LogP) is 0.0534. The molecule has 0 fully saturated rings. The van der Waals surface area contributed by atoms with Gasteiger partial charge in [0.2, 0.25) is 0 Å². The van der Waals surface area contributed by atoms with E-state index in [4.69, 9.17) is 14.9 Å². The van der Waals surface area contributed by atoms with Gasteiger partial charge in [0.25, 0.3) is 0 Å². The molecule has 1 aliphatic rings. The molecule has 1 heterocycles. The Morgan fingerprint density at radius 3 is 2.48 bits per heavy atom. The highest BCUT2D eigenvalue weighted by Crippen LogP contribution is 2.37. The molecule has 0 radical (unpaired) electrons. The summed E-state index contributed by atoms with van der Waals surface area (Å²) in [4.78, 5) is 1.94. The van der Waals surface area contributed by atoms with Gasteiger partial charge in [-0.25, -0.2) is 0 Å². The highest BCUT2D eigenvalue weighted by Gasteiger charge is 2.27. The van der Waals surface area contributed by atoms with E-state index in [0.717, 1.165) is 28.3 Å². The van der Waals surface area contributed by atoms with E-state index >= 15 is 0 Å². The number of benzene rings is 2. The molecule has 110 valence electrons. The molecule has 0 atom stereocenters. The first-order chi connectivity index (χ1) is 9.74. The maximum Gasteiger partial charge on any atom is 0.142 e. The van der Waals surface area contributed by atoms with E-state index in [1.165, 1.54) is 0 Å². The summed E-state index contributed by atoms with van der Waals surface area (Å²) in [6, 6.07) is 13.6. The maximum absolute atomic E-state index is 8.35. The van der Waals surface area contributed by atoms with Gasteiger partial charge in [-0.3, -0.25) is 5.41 Å². The highest BCUT2D eigenvalue weighted by atomic mass is 79.9. The van der Waals surface area contributed by atoms with Gasteiger partial charge in [0.05, 0.1) is 26.5 Å². The quantitative estimate of drug-likeness (QED) is 0.853. The van der Waals surface area contributed by atoms with Crippen LogP contribution in [0.4, 0.5) is 5.69 Å². The molecule has 0 saturated heterocycles. The maximum atomic E-state index is 8.35.